The van der Waals surface area contributed by atoms with Crippen LogP contribution < -0.4 is 4.90 Å². The first-order chi connectivity index (χ1) is 11.7. The van der Waals surface area contributed by atoms with Crippen molar-refractivity contribution in [1.29, 1.82) is 5.26 Å². The number of nitriles is 1. The Kier molecular flexibility index (Phi) is 3.62. The Bertz CT molecular complexity index is 776. The highest BCUT2D eigenvalue weighted by Gasteiger charge is 2.47. The van der Waals surface area contributed by atoms with Crippen molar-refractivity contribution < 1.29 is 9.21 Å². The van der Waals surface area contributed by atoms with E-state index in [1.807, 2.05) is 29.2 Å². The van der Waals surface area contributed by atoms with Crippen LogP contribution in [-0.2, 0) is 11.3 Å². The van der Waals surface area contributed by atoms with Crippen molar-refractivity contribution in [2.45, 2.75) is 19.4 Å². The quantitative estimate of drug-likeness (QED) is 0.872. The second-order valence-electron chi connectivity index (χ2n) is 6.86. The van der Waals surface area contributed by atoms with Crippen LogP contribution in [0.4, 0.5) is 5.69 Å². The van der Waals surface area contributed by atoms with Crippen molar-refractivity contribution in [3.63, 3.8) is 0 Å². The van der Waals surface area contributed by atoms with Gasteiger partial charge < -0.3 is 9.32 Å². The highest BCUT2D eigenvalue weighted by Crippen LogP contribution is 2.42. The largest absolute Gasteiger partial charge is 0.468 e. The third kappa shape index (κ3) is 2.70. The van der Waals surface area contributed by atoms with E-state index >= 15 is 0 Å². The number of nitrogens with zero attached hydrogens (tertiary/aromatic N) is 3. The molecule has 122 valence electrons. The van der Waals surface area contributed by atoms with Crippen molar-refractivity contribution >= 4 is 11.6 Å². The van der Waals surface area contributed by atoms with Gasteiger partial charge in [0.25, 0.3) is 0 Å². The fourth-order valence-corrected chi connectivity index (χ4v) is 3.91. The van der Waals surface area contributed by atoms with E-state index in [0.717, 1.165) is 44.0 Å². The number of carbonyl (C=O) groups excluding carboxylic acids is 1. The zero-order valence-electron chi connectivity index (χ0n) is 13.4. The molecule has 1 atom stereocenters. The van der Waals surface area contributed by atoms with E-state index in [1.54, 1.807) is 18.4 Å². The Hall–Kier alpha value is -2.58. The van der Waals surface area contributed by atoms with Gasteiger partial charge in [0.15, 0.2) is 0 Å². The molecule has 3 heterocycles. The molecule has 2 fully saturated rings. The van der Waals surface area contributed by atoms with Gasteiger partial charge in [-0.2, -0.15) is 5.26 Å². The summed E-state index contributed by atoms with van der Waals surface area (Å²) in [5.74, 6) is 1.15. The van der Waals surface area contributed by atoms with Crippen LogP contribution in [-0.4, -0.2) is 30.4 Å². The molecule has 2 aromatic rings. The van der Waals surface area contributed by atoms with Gasteiger partial charge in [-0.15, -0.1) is 0 Å². The third-order valence-corrected chi connectivity index (χ3v) is 5.11. The number of amides is 1. The highest BCUT2D eigenvalue weighted by atomic mass is 16.3. The van der Waals surface area contributed by atoms with E-state index in [2.05, 4.69) is 11.0 Å². The molecule has 1 amide bonds. The normalized spacial score (nSPS) is 24.0. The number of carbonyl (C=O) groups is 1. The monoisotopic (exact) mass is 321 g/mol. The molecule has 24 heavy (non-hydrogen) atoms. The molecule has 2 saturated heterocycles. The molecule has 5 heteroatoms. The fourth-order valence-electron chi connectivity index (χ4n) is 3.91. The highest BCUT2D eigenvalue weighted by molar-refractivity contribution is 5.96. The number of hydrogen-bond acceptors (Lipinski definition) is 4. The second-order valence-corrected chi connectivity index (χ2v) is 6.86. The maximum atomic E-state index is 12.5. The lowest BCUT2D eigenvalue weighted by molar-refractivity contribution is -0.117. The number of anilines is 1. The van der Waals surface area contributed by atoms with Crippen molar-refractivity contribution in [2.24, 2.45) is 5.41 Å². The minimum absolute atomic E-state index is 0.0393. The fraction of sp³-hybridized carbons (Fsp3) is 0.368. The molecule has 1 unspecified atom stereocenters. The van der Waals surface area contributed by atoms with Crippen molar-refractivity contribution in [3.05, 3.63) is 54.0 Å². The van der Waals surface area contributed by atoms with Crippen LogP contribution in [0.15, 0.2) is 47.1 Å². The van der Waals surface area contributed by atoms with Gasteiger partial charge in [-0.05, 0) is 49.4 Å². The number of furan rings is 1. The van der Waals surface area contributed by atoms with Gasteiger partial charge in [-0.1, -0.05) is 0 Å². The van der Waals surface area contributed by atoms with E-state index in [1.165, 1.54) is 0 Å². The summed E-state index contributed by atoms with van der Waals surface area (Å²) in [5.41, 5.74) is 1.54. The Labute approximate surface area is 141 Å². The summed E-state index contributed by atoms with van der Waals surface area (Å²) in [6, 6.07) is 13.3. The van der Waals surface area contributed by atoms with Gasteiger partial charge in [0.2, 0.25) is 5.91 Å². The smallest absolute Gasteiger partial charge is 0.227 e. The van der Waals surface area contributed by atoms with Crippen LogP contribution in [0.5, 0.6) is 0 Å². The molecule has 0 aliphatic carbocycles. The molecule has 0 radical (unpaired) electrons. The van der Waals surface area contributed by atoms with Crippen LogP contribution in [0.25, 0.3) is 0 Å². The van der Waals surface area contributed by atoms with E-state index in [9.17, 15) is 4.79 Å². The number of likely N-dealkylation sites (tertiary alicyclic amines) is 1. The van der Waals surface area contributed by atoms with Gasteiger partial charge in [0, 0.05) is 30.6 Å². The molecule has 0 bridgehead atoms. The maximum absolute atomic E-state index is 12.5. The summed E-state index contributed by atoms with van der Waals surface area (Å²) in [4.78, 5) is 16.8. The van der Waals surface area contributed by atoms with Gasteiger partial charge in [0.05, 0.1) is 24.4 Å². The Morgan fingerprint density at radius 1 is 1.21 bits per heavy atom. The third-order valence-electron chi connectivity index (χ3n) is 5.11. The first kappa shape index (κ1) is 15.0. The van der Waals surface area contributed by atoms with Crippen LogP contribution >= 0.6 is 0 Å². The lowest BCUT2D eigenvalue weighted by Gasteiger charge is -2.24. The number of hydrogen-bond donors (Lipinski definition) is 0. The predicted octanol–water partition coefficient (Wildman–Crippen LogP) is 2.78. The Balaban J connectivity index is 1.46. The molecule has 5 nitrogen and oxygen atoms in total. The molecule has 1 spiro atoms. The van der Waals surface area contributed by atoms with Gasteiger partial charge in [-0.25, -0.2) is 0 Å². The molecule has 1 aromatic carbocycles. The summed E-state index contributed by atoms with van der Waals surface area (Å²) in [5, 5.41) is 8.90. The maximum Gasteiger partial charge on any atom is 0.227 e. The summed E-state index contributed by atoms with van der Waals surface area (Å²) >= 11 is 0. The topological polar surface area (TPSA) is 60.5 Å². The molecule has 2 aliphatic heterocycles. The average Bonchev–Trinajstić information content (AvgIpc) is 3.30. The standard InChI is InChI=1S/C19H19N3O2/c20-11-15-3-5-16(6-4-15)22-14-19(10-18(22)23)7-8-21(13-19)12-17-2-1-9-24-17/h1-6,9H,7-8,10,12-14H2. The predicted molar refractivity (Wildman–Crippen MR) is 89.2 cm³/mol. The molecular weight excluding hydrogens is 302 g/mol. The second kappa shape index (κ2) is 5.81. The van der Waals surface area contributed by atoms with E-state index in [0.29, 0.717) is 12.0 Å². The van der Waals surface area contributed by atoms with Crippen LogP contribution in [0.3, 0.4) is 0 Å². The van der Waals surface area contributed by atoms with Crippen molar-refractivity contribution in [3.8, 4) is 6.07 Å². The average molecular weight is 321 g/mol. The number of benzene rings is 1. The molecule has 1 aromatic heterocycles. The van der Waals surface area contributed by atoms with E-state index < -0.39 is 0 Å². The summed E-state index contributed by atoms with van der Waals surface area (Å²) in [6.07, 6.45) is 3.33. The van der Waals surface area contributed by atoms with E-state index in [4.69, 9.17) is 9.68 Å². The Morgan fingerprint density at radius 2 is 2.04 bits per heavy atom. The SMILES string of the molecule is N#Cc1ccc(N2CC3(CCN(Cc4ccco4)C3)CC2=O)cc1. The first-order valence-electron chi connectivity index (χ1n) is 8.23. The minimum Gasteiger partial charge on any atom is -0.468 e. The minimum atomic E-state index is 0.0393. The summed E-state index contributed by atoms with van der Waals surface area (Å²) in [6.45, 7) is 3.48. The molecule has 0 saturated carbocycles. The molecular formula is C19H19N3O2. The zero-order valence-corrected chi connectivity index (χ0v) is 13.4. The summed E-state index contributed by atoms with van der Waals surface area (Å²) in [7, 11) is 0. The van der Waals surface area contributed by atoms with Crippen molar-refractivity contribution in [1.82, 2.24) is 4.90 Å². The summed E-state index contributed by atoms with van der Waals surface area (Å²) < 4.78 is 5.43. The molecule has 2 aliphatic rings. The van der Waals surface area contributed by atoms with Gasteiger partial charge in [0.1, 0.15) is 5.76 Å². The zero-order chi connectivity index (χ0) is 16.6. The lowest BCUT2D eigenvalue weighted by Crippen LogP contribution is -2.31. The first-order valence-corrected chi connectivity index (χ1v) is 8.23. The van der Waals surface area contributed by atoms with Crippen LogP contribution in [0.1, 0.15) is 24.2 Å². The van der Waals surface area contributed by atoms with Crippen LogP contribution in [0.2, 0.25) is 0 Å². The van der Waals surface area contributed by atoms with Gasteiger partial charge >= 0.3 is 0 Å². The van der Waals surface area contributed by atoms with E-state index in [-0.39, 0.29) is 11.3 Å². The van der Waals surface area contributed by atoms with Crippen molar-refractivity contribution in [2.75, 3.05) is 24.5 Å². The Morgan fingerprint density at radius 3 is 2.75 bits per heavy atom. The molecule has 0 N–H and O–H groups in total. The van der Waals surface area contributed by atoms with Crippen LogP contribution in [0, 0.1) is 16.7 Å². The number of rotatable bonds is 3. The molecule has 4 rings (SSSR count). The van der Waals surface area contributed by atoms with Gasteiger partial charge in [-0.3, -0.25) is 9.69 Å². The lowest BCUT2D eigenvalue weighted by atomic mass is 9.86.